The molecule has 0 fully saturated rings. The molecular formula is C13H14BrN3O2. The Morgan fingerprint density at radius 2 is 2.05 bits per heavy atom. The van der Waals surface area contributed by atoms with Crippen molar-refractivity contribution >= 4 is 21.7 Å². The number of halogens is 1. The molecule has 0 unspecified atom stereocenters. The van der Waals surface area contributed by atoms with Crippen LogP contribution in [0, 0.1) is 0 Å². The van der Waals surface area contributed by atoms with Crippen LogP contribution in [0.2, 0.25) is 0 Å². The molecule has 0 aliphatic carbocycles. The number of nitrogen functional groups attached to an aromatic ring is 1. The average Bonchev–Trinajstić information content (AvgIpc) is 2.64. The van der Waals surface area contributed by atoms with Crippen LogP contribution in [0.3, 0.4) is 0 Å². The lowest BCUT2D eigenvalue weighted by molar-refractivity contribution is 0.296. The Kier molecular flexibility index (Phi) is 3.10. The van der Waals surface area contributed by atoms with Gasteiger partial charge >= 0.3 is 0 Å². The van der Waals surface area contributed by atoms with E-state index in [1.54, 1.807) is 10.9 Å². The van der Waals surface area contributed by atoms with Gasteiger partial charge in [0.15, 0.2) is 11.5 Å². The van der Waals surface area contributed by atoms with Gasteiger partial charge in [0, 0.05) is 24.6 Å². The van der Waals surface area contributed by atoms with E-state index in [4.69, 9.17) is 15.2 Å². The van der Waals surface area contributed by atoms with Gasteiger partial charge in [-0.2, -0.15) is 5.10 Å². The molecule has 2 N–H and O–H groups in total. The van der Waals surface area contributed by atoms with E-state index in [1.807, 2.05) is 19.2 Å². The van der Waals surface area contributed by atoms with E-state index in [9.17, 15) is 0 Å². The molecule has 0 amide bonds. The fourth-order valence-corrected chi connectivity index (χ4v) is 2.72. The van der Waals surface area contributed by atoms with Gasteiger partial charge in [0.2, 0.25) is 0 Å². The molecule has 5 nitrogen and oxygen atoms in total. The monoisotopic (exact) mass is 323 g/mol. The van der Waals surface area contributed by atoms with Crippen LogP contribution in [0.5, 0.6) is 11.5 Å². The van der Waals surface area contributed by atoms with Crippen molar-refractivity contribution in [3.05, 3.63) is 22.8 Å². The maximum atomic E-state index is 6.02. The second-order valence-electron chi connectivity index (χ2n) is 4.37. The fraction of sp³-hybridized carbons (Fsp3) is 0.308. The summed E-state index contributed by atoms with van der Waals surface area (Å²) in [5.41, 5.74) is 7.85. The van der Waals surface area contributed by atoms with E-state index in [0.717, 1.165) is 33.5 Å². The molecule has 0 spiro atoms. The molecule has 0 saturated carbocycles. The van der Waals surface area contributed by atoms with Crippen molar-refractivity contribution in [3.63, 3.8) is 0 Å². The van der Waals surface area contributed by atoms with Crippen molar-refractivity contribution in [2.75, 3.05) is 18.9 Å². The number of aryl methyl sites for hydroxylation is 1. The number of ether oxygens (including phenoxy) is 2. The Morgan fingerprint density at radius 3 is 2.79 bits per heavy atom. The molecule has 0 bridgehead atoms. The molecule has 1 aromatic carbocycles. The van der Waals surface area contributed by atoms with Gasteiger partial charge in [0.25, 0.3) is 0 Å². The van der Waals surface area contributed by atoms with Crippen LogP contribution < -0.4 is 15.2 Å². The molecule has 1 aliphatic heterocycles. The lowest BCUT2D eigenvalue weighted by Crippen LogP contribution is -1.99. The minimum Gasteiger partial charge on any atom is -0.490 e. The zero-order valence-electron chi connectivity index (χ0n) is 10.5. The summed E-state index contributed by atoms with van der Waals surface area (Å²) >= 11 is 3.58. The van der Waals surface area contributed by atoms with Crippen molar-refractivity contribution in [2.45, 2.75) is 6.42 Å². The van der Waals surface area contributed by atoms with Gasteiger partial charge < -0.3 is 15.2 Å². The quantitative estimate of drug-likeness (QED) is 0.876. The van der Waals surface area contributed by atoms with Crippen LogP contribution in [0.15, 0.2) is 22.8 Å². The van der Waals surface area contributed by atoms with Crippen molar-refractivity contribution in [1.29, 1.82) is 0 Å². The summed E-state index contributed by atoms with van der Waals surface area (Å²) in [6, 6.07) is 3.87. The van der Waals surface area contributed by atoms with Crippen LogP contribution >= 0.6 is 15.9 Å². The first kappa shape index (κ1) is 12.3. The highest BCUT2D eigenvalue weighted by molar-refractivity contribution is 9.10. The predicted octanol–water partition coefficient (Wildman–Crippen LogP) is 2.59. The van der Waals surface area contributed by atoms with Gasteiger partial charge in [0.1, 0.15) is 5.82 Å². The largest absolute Gasteiger partial charge is 0.490 e. The number of benzene rings is 1. The van der Waals surface area contributed by atoms with E-state index in [-0.39, 0.29) is 0 Å². The fourth-order valence-electron chi connectivity index (χ4n) is 2.06. The number of rotatable bonds is 1. The summed E-state index contributed by atoms with van der Waals surface area (Å²) in [5.74, 6) is 2.11. The van der Waals surface area contributed by atoms with E-state index < -0.39 is 0 Å². The second-order valence-corrected chi connectivity index (χ2v) is 5.16. The van der Waals surface area contributed by atoms with Gasteiger partial charge in [-0.15, -0.1) is 0 Å². The van der Waals surface area contributed by atoms with Crippen molar-refractivity contribution < 1.29 is 9.47 Å². The lowest BCUT2D eigenvalue weighted by atomic mass is 10.1. The number of aromatic nitrogens is 2. The van der Waals surface area contributed by atoms with Crippen LogP contribution in [-0.4, -0.2) is 23.0 Å². The van der Waals surface area contributed by atoms with Crippen molar-refractivity contribution in [3.8, 4) is 22.6 Å². The molecule has 0 saturated heterocycles. The van der Waals surface area contributed by atoms with Gasteiger partial charge in [-0.3, -0.25) is 4.68 Å². The molecule has 0 radical (unpaired) electrons. The first-order valence-electron chi connectivity index (χ1n) is 6.04. The number of nitrogens with zero attached hydrogens (tertiary/aromatic N) is 2. The maximum Gasteiger partial charge on any atom is 0.175 e. The molecular weight excluding hydrogens is 310 g/mol. The summed E-state index contributed by atoms with van der Waals surface area (Å²) in [6.07, 6.45) is 2.63. The second kappa shape index (κ2) is 4.77. The van der Waals surface area contributed by atoms with E-state index in [0.29, 0.717) is 19.0 Å². The summed E-state index contributed by atoms with van der Waals surface area (Å²) in [5, 5.41) is 4.16. The topological polar surface area (TPSA) is 62.3 Å². The first-order chi connectivity index (χ1) is 9.18. The molecule has 3 rings (SSSR count). The molecule has 2 heterocycles. The number of fused-ring (bicyclic) bond motifs is 1. The molecule has 0 atom stereocenters. The number of anilines is 1. The van der Waals surface area contributed by atoms with Crippen LogP contribution in [-0.2, 0) is 7.05 Å². The summed E-state index contributed by atoms with van der Waals surface area (Å²) < 4.78 is 13.9. The first-order valence-corrected chi connectivity index (χ1v) is 6.83. The molecule has 1 aromatic heterocycles. The highest BCUT2D eigenvalue weighted by Gasteiger charge is 2.19. The standard InChI is InChI=1S/C13H14BrN3O2/c1-17-13(15)9(7-16-17)8-3-4-10-12(11(8)14)19-6-2-5-18-10/h3-4,7H,2,5-6,15H2,1H3. The maximum absolute atomic E-state index is 6.02. The van der Waals surface area contributed by atoms with Crippen LogP contribution in [0.25, 0.3) is 11.1 Å². The third kappa shape index (κ3) is 2.06. The van der Waals surface area contributed by atoms with E-state index in [2.05, 4.69) is 21.0 Å². The highest BCUT2D eigenvalue weighted by atomic mass is 79.9. The van der Waals surface area contributed by atoms with Crippen LogP contribution in [0.1, 0.15) is 6.42 Å². The number of nitrogens with two attached hydrogens (primary N) is 1. The Hall–Kier alpha value is -1.69. The van der Waals surface area contributed by atoms with Gasteiger partial charge in [0.05, 0.1) is 23.9 Å². The lowest BCUT2D eigenvalue weighted by Gasteiger charge is -2.12. The molecule has 1 aliphatic rings. The zero-order chi connectivity index (χ0) is 13.4. The minimum absolute atomic E-state index is 0.621. The average molecular weight is 324 g/mol. The Labute approximate surface area is 119 Å². The van der Waals surface area contributed by atoms with Gasteiger partial charge in [-0.1, -0.05) is 0 Å². The number of hydrogen-bond donors (Lipinski definition) is 1. The zero-order valence-corrected chi connectivity index (χ0v) is 12.1. The summed E-state index contributed by atoms with van der Waals surface area (Å²) in [7, 11) is 1.82. The highest BCUT2D eigenvalue weighted by Crippen LogP contribution is 2.44. The Balaban J connectivity index is 2.13. The van der Waals surface area contributed by atoms with E-state index >= 15 is 0 Å². The number of hydrogen-bond acceptors (Lipinski definition) is 4. The van der Waals surface area contributed by atoms with Gasteiger partial charge in [-0.05, 0) is 28.1 Å². The smallest absolute Gasteiger partial charge is 0.175 e. The van der Waals surface area contributed by atoms with Gasteiger partial charge in [-0.25, -0.2) is 0 Å². The summed E-state index contributed by atoms with van der Waals surface area (Å²) in [4.78, 5) is 0. The molecule has 6 heteroatoms. The Morgan fingerprint density at radius 1 is 1.26 bits per heavy atom. The molecule has 100 valence electrons. The normalized spacial score (nSPS) is 14.2. The Bertz CT molecular complexity index is 625. The molecule has 19 heavy (non-hydrogen) atoms. The molecule has 2 aromatic rings. The predicted molar refractivity (Wildman–Crippen MR) is 76.4 cm³/mol. The minimum atomic E-state index is 0.621. The van der Waals surface area contributed by atoms with E-state index in [1.165, 1.54) is 0 Å². The summed E-state index contributed by atoms with van der Waals surface area (Å²) in [6.45, 7) is 1.32. The third-order valence-corrected chi connectivity index (χ3v) is 3.92. The SMILES string of the molecule is Cn1ncc(-c2ccc3c(c2Br)OCCCO3)c1N. The van der Waals surface area contributed by atoms with Crippen LogP contribution in [0.4, 0.5) is 5.82 Å². The van der Waals surface area contributed by atoms with Crippen molar-refractivity contribution in [2.24, 2.45) is 7.05 Å². The van der Waals surface area contributed by atoms with Crippen molar-refractivity contribution in [1.82, 2.24) is 9.78 Å². The third-order valence-electron chi connectivity index (χ3n) is 3.13.